The summed E-state index contributed by atoms with van der Waals surface area (Å²) in [6.07, 6.45) is 0.235. The van der Waals surface area contributed by atoms with Crippen molar-refractivity contribution >= 4 is 0 Å². The lowest BCUT2D eigenvalue weighted by molar-refractivity contribution is 0.103. The second kappa shape index (κ2) is 4.55. The maximum absolute atomic E-state index is 9.38. The predicted molar refractivity (Wildman–Crippen MR) is 65.4 cm³/mol. The number of para-hydroxylation sites is 1. The molecule has 1 aromatic carbocycles. The second-order valence-electron chi connectivity index (χ2n) is 4.98. The van der Waals surface area contributed by atoms with E-state index >= 15 is 0 Å². The normalized spacial score (nSPS) is 18.4. The average Bonchev–Trinajstić information content (AvgIpc) is 2.60. The third-order valence-corrected chi connectivity index (χ3v) is 2.76. The van der Waals surface area contributed by atoms with Gasteiger partial charge in [-0.1, -0.05) is 12.1 Å². The number of hydrogen-bond acceptors (Lipinski definition) is 4. The van der Waals surface area contributed by atoms with Gasteiger partial charge < -0.3 is 20.3 Å². The van der Waals surface area contributed by atoms with Crippen LogP contribution >= 0.6 is 0 Å². The topological polar surface area (TPSA) is 64.7 Å². The molecule has 2 rings (SSSR count). The van der Waals surface area contributed by atoms with Gasteiger partial charge in [0.25, 0.3) is 0 Å². The molecule has 4 heteroatoms. The summed E-state index contributed by atoms with van der Waals surface area (Å²) < 4.78 is 11.4. The Labute approximate surface area is 101 Å². The smallest absolute Gasteiger partial charge is 0.165 e. The van der Waals surface area contributed by atoms with Gasteiger partial charge >= 0.3 is 0 Å². The lowest BCUT2D eigenvalue weighted by Crippen LogP contribution is -2.27. The fraction of sp³-hybridized carbons (Fsp3) is 0.538. The van der Waals surface area contributed by atoms with E-state index in [9.17, 15) is 5.11 Å². The summed E-state index contributed by atoms with van der Waals surface area (Å²) >= 11 is 0. The number of hydrogen-bond donors (Lipinski definition) is 2. The third-order valence-electron chi connectivity index (χ3n) is 2.76. The Morgan fingerprint density at radius 1 is 1.53 bits per heavy atom. The van der Waals surface area contributed by atoms with Crippen molar-refractivity contribution in [3.8, 4) is 11.5 Å². The largest absolute Gasteiger partial charge is 0.487 e. The van der Waals surface area contributed by atoms with Crippen LogP contribution in [0.5, 0.6) is 11.5 Å². The number of aliphatic hydroxyl groups excluding tert-OH is 1. The van der Waals surface area contributed by atoms with E-state index in [1.807, 2.05) is 32.0 Å². The molecule has 1 unspecified atom stereocenters. The van der Waals surface area contributed by atoms with E-state index in [2.05, 4.69) is 0 Å². The minimum absolute atomic E-state index is 0.186. The standard InChI is InChI=1S/C13H19NO3/c1-13(2)6-9-4-3-5-11(12(9)17-13)16-8-10(15)7-14/h3-5,10,15H,6-8,14H2,1-2H3. The van der Waals surface area contributed by atoms with Gasteiger partial charge in [0.1, 0.15) is 18.3 Å². The van der Waals surface area contributed by atoms with Gasteiger partial charge in [0.05, 0.1) is 0 Å². The summed E-state index contributed by atoms with van der Waals surface area (Å²) in [5.41, 5.74) is 6.29. The Balaban J connectivity index is 2.13. The molecule has 0 radical (unpaired) electrons. The van der Waals surface area contributed by atoms with Crippen LogP contribution in [0.15, 0.2) is 18.2 Å². The number of fused-ring (bicyclic) bond motifs is 1. The minimum Gasteiger partial charge on any atom is -0.487 e. The fourth-order valence-corrected chi connectivity index (χ4v) is 1.96. The van der Waals surface area contributed by atoms with E-state index in [0.717, 1.165) is 17.7 Å². The summed E-state index contributed by atoms with van der Waals surface area (Å²) in [5, 5.41) is 9.38. The van der Waals surface area contributed by atoms with Gasteiger partial charge in [0.15, 0.2) is 11.5 Å². The van der Waals surface area contributed by atoms with Crippen molar-refractivity contribution in [3.63, 3.8) is 0 Å². The molecule has 1 aromatic rings. The van der Waals surface area contributed by atoms with Gasteiger partial charge in [0, 0.05) is 18.5 Å². The highest BCUT2D eigenvalue weighted by atomic mass is 16.5. The van der Waals surface area contributed by atoms with Gasteiger partial charge in [-0.25, -0.2) is 0 Å². The van der Waals surface area contributed by atoms with Gasteiger partial charge in [0.2, 0.25) is 0 Å². The first-order valence-electron chi connectivity index (χ1n) is 5.84. The highest BCUT2D eigenvalue weighted by molar-refractivity contribution is 5.50. The number of rotatable bonds is 4. The number of benzene rings is 1. The van der Waals surface area contributed by atoms with Crippen molar-refractivity contribution < 1.29 is 14.6 Å². The van der Waals surface area contributed by atoms with Gasteiger partial charge in [-0.15, -0.1) is 0 Å². The lowest BCUT2D eigenvalue weighted by atomic mass is 10.0. The zero-order valence-electron chi connectivity index (χ0n) is 10.3. The van der Waals surface area contributed by atoms with Crippen LogP contribution in [0.4, 0.5) is 0 Å². The van der Waals surface area contributed by atoms with Crippen LogP contribution in [0.25, 0.3) is 0 Å². The van der Waals surface area contributed by atoms with Crippen molar-refractivity contribution in [2.45, 2.75) is 32.0 Å². The fourth-order valence-electron chi connectivity index (χ4n) is 1.96. The maximum atomic E-state index is 9.38. The van der Waals surface area contributed by atoms with Crippen LogP contribution in [-0.2, 0) is 6.42 Å². The Kier molecular flexibility index (Phi) is 3.26. The number of nitrogens with two attached hydrogens (primary N) is 1. The van der Waals surface area contributed by atoms with Crippen molar-refractivity contribution in [2.24, 2.45) is 5.73 Å². The Morgan fingerprint density at radius 2 is 2.29 bits per heavy atom. The molecular formula is C13H19NO3. The molecule has 3 N–H and O–H groups in total. The summed E-state index contributed by atoms with van der Waals surface area (Å²) in [7, 11) is 0. The molecule has 0 amide bonds. The molecule has 1 aliphatic rings. The van der Waals surface area contributed by atoms with Crippen LogP contribution < -0.4 is 15.2 Å². The molecule has 0 aliphatic carbocycles. The molecule has 1 aliphatic heterocycles. The van der Waals surface area contributed by atoms with E-state index in [1.165, 1.54) is 0 Å². The lowest BCUT2D eigenvalue weighted by Gasteiger charge is -2.18. The van der Waals surface area contributed by atoms with Crippen molar-refractivity contribution in [3.05, 3.63) is 23.8 Å². The molecule has 1 atom stereocenters. The van der Waals surface area contributed by atoms with Crippen LogP contribution in [0.1, 0.15) is 19.4 Å². The second-order valence-corrected chi connectivity index (χ2v) is 4.98. The first-order chi connectivity index (χ1) is 8.02. The zero-order valence-corrected chi connectivity index (χ0v) is 10.3. The molecule has 4 nitrogen and oxygen atoms in total. The van der Waals surface area contributed by atoms with Crippen LogP contribution in [0.3, 0.4) is 0 Å². The summed E-state index contributed by atoms with van der Waals surface area (Å²) in [6, 6.07) is 5.83. The summed E-state index contributed by atoms with van der Waals surface area (Å²) in [4.78, 5) is 0. The third kappa shape index (κ3) is 2.70. The van der Waals surface area contributed by atoms with Crippen LogP contribution in [0.2, 0.25) is 0 Å². The Morgan fingerprint density at radius 3 is 3.00 bits per heavy atom. The molecule has 0 fully saturated rings. The SMILES string of the molecule is CC1(C)Cc2cccc(OCC(O)CN)c2O1. The monoisotopic (exact) mass is 237 g/mol. The summed E-state index contributed by atoms with van der Waals surface area (Å²) in [6.45, 7) is 4.48. The molecule has 0 saturated heterocycles. The van der Waals surface area contributed by atoms with E-state index in [0.29, 0.717) is 5.75 Å². The van der Waals surface area contributed by atoms with Crippen molar-refractivity contribution in [1.82, 2.24) is 0 Å². The molecule has 0 aromatic heterocycles. The maximum Gasteiger partial charge on any atom is 0.165 e. The number of ether oxygens (including phenoxy) is 2. The first-order valence-corrected chi connectivity index (χ1v) is 5.84. The Hall–Kier alpha value is -1.26. The van der Waals surface area contributed by atoms with E-state index in [1.54, 1.807) is 0 Å². The van der Waals surface area contributed by atoms with E-state index < -0.39 is 6.10 Å². The molecule has 94 valence electrons. The highest BCUT2D eigenvalue weighted by Crippen LogP contribution is 2.41. The molecule has 0 bridgehead atoms. The quantitative estimate of drug-likeness (QED) is 0.823. The van der Waals surface area contributed by atoms with Gasteiger partial charge in [-0.3, -0.25) is 0 Å². The first kappa shape index (κ1) is 12.2. The zero-order chi connectivity index (χ0) is 12.5. The predicted octanol–water partition coefficient (Wildman–Crippen LogP) is 1.10. The van der Waals surface area contributed by atoms with Gasteiger partial charge in [-0.2, -0.15) is 0 Å². The van der Waals surface area contributed by atoms with Gasteiger partial charge in [-0.05, 0) is 19.9 Å². The molecular weight excluding hydrogens is 218 g/mol. The average molecular weight is 237 g/mol. The minimum atomic E-state index is -0.639. The van der Waals surface area contributed by atoms with Crippen LogP contribution in [-0.4, -0.2) is 30.0 Å². The van der Waals surface area contributed by atoms with E-state index in [4.69, 9.17) is 15.2 Å². The summed E-state index contributed by atoms with van der Waals surface area (Å²) in [5.74, 6) is 1.47. The van der Waals surface area contributed by atoms with Crippen molar-refractivity contribution in [1.29, 1.82) is 0 Å². The molecule has 1 heterocycles. The molecule has 17 heavy (non-hydrogen) atoms. The molecule has 0 spiro atoms. The number of aliphatic hydroxyl groups is 1. The highest BCUT2D eigenvalue weighted by Gasteiger charge is 2.32. The Bertz CT molecular complexity index is 404. The van der Waals surface area contributed by atoms with Crippen molar-refractivity contribution in [2.75, 3.05) is 13.2 Å². The van der Waals surface area contributed by atoms with Crippen LogP contribution in [0, 0.1) is 0 Å². The van der Waals surface area contributed by atoms with E-state index in [-0.39, 0.29) is 18.8 Å². The molecule has 0 saturated carbocycles.